The van der Waals surface area contributed by atoms with Crippen molar-refractivity contribution in [2.45, 2.75) is 26.3 Å². The number of likely N-dealkylation sites (N-methyl/N-ethyl adjacent to an activating group) is 1. The predicted molar refractivity (Wildman–Crippen MR) is 70.0 cm³/mol. The van der Waals surface area contributed by atoms with Crippen molar-refractivity contribution >= 4 is 11.9 Å². The minimum Gasteiger partial charge on any atom is -0.368 e. The van der Waals surface area contributed by atoms with E-state index in [1.54, 1.807) is 4.90 Å². The Morgan fingerprint density at radius 3 is 2.22 bits per heavy atom. The zero-order valence-electron chi connectivity index (χ0n) is 11.5. The molecule has 18 heavy (non-hydrogen) atoms. The van der Waals surface area contributed by atoms with Crippen LogP contribution in [0.3, 0.4) is 0 Å². The minimum absolute atomic E-state index is 0.187. The summed E-state index contributed by atoms with van der Waals surface area (Å²) >= 11 is 0. The summed E-state index contributed by atoms with van der Waals surface area (Å²) < 4.78 is 0. The van der Waals surface area contributed by atoms with Crippen LogP contribution in [0.5, 0.6) is 0 Å². The van der Waals surface area contributed by atoms with Gasteiger partial charge in [-0.1, -0.05) is 13.8 Å². The number of nitrogens with one attached hydrogen (secondary N) is 1. The van der Waals surface area contributed by atoms with Gasteiger partial charge in [-0.05, 0) is 19.4 Å². The Morgan fingerprint density at radius 2 is 1.78 bits per heavy atom. The Kier molecular flexibility index (Phi) is 5.40. The van der Waals surface area contributed by atoms with Gasteiger partial charge in [0.25, 0.3) is 0 Å². The molecule has 0 aromatic heterocycles. The maximum Gasteiger partial charge on any atom is 0.318 e. The molecule has 3 amide bonds. The number of carbonyl (C=O) groups is 2. The Morgan fingerprint density at radius 1 is 1.22 bits per heavy atom. The molecule has 0 radical (unpaired) electrons. The molecule has 0 saturated carbocycles. The number of piperazine rings is 1. The van der Waals surface area contributed by atoms with Gasteiger partial charge in [0.15, 0.2) is 0 Å². The summed E-state index contributed by atoms with van der Waals surface area (Å²) in [5.41, 5.74) is 5.30. The summed E-state index contributed by atoms with van der Waals surface area (Å²) in [4.78, 5) is 27.2. The van der Waals surface area contributed by atoms with E-state index in [9.17, 15) is 9.59 Å². The van der Waals surface area contributed by atoms with Gasteiger partial charge in [-0.15, -0.1) is 0 Å². The summed E-state index contributed by atoms with van der Waals surface area (Å²) in [7, 11) is 2.03. The van der Waals surface area contributed by atoms with Crippen molar-refractivity contribution in [1.29, 1.82) is 0 Å². The average molecular weight is 256 g/mol. The SMILES string of the molecule is CC(C)CC(NC(=O)N1CCN(C)CC1)C(N)=O. The van der Waals surface area contributed by atoms with Crippen LogP contribution in [0.25, 0.3) is 0 Å². The Balaban J connectivity index is 2.48. The summed E-state index contributed by atoms with van der Waals surface area (Å²) in [6.45, 7) is 7.10. The summed E-state index contributed by atoms with van der Waals surface area (Å²) in [6, 6.07) is -0.760. The van der Waals surface area contributed by atoms with Crippen LogP contribution in [0.4, 0.5) is 4.79 Å². The number of nitrogens with two attached hydrogens (primary N) is 1. The second-order valence-electron chi connectivity index (χ2n) is 5.32. The maximum atomic E-state index is 12.0. The number of nitrogens with zero attached hydrogens (tertiary/aromatic N) is 2. The highest BCUT2D eigenvalue weighted by Gasteiger charge is 2.24. The van der Waals surface area contributed by atoms with E-state index < -0.39 is 11.9 Å². The molecule has 104 valence electrons. The molecular weight excluding hydrogens is 232 g/mol. The van der Waals surface area contributed by atoms with Gasteiger partial charge in [0.05, 0.1) is 0 Å². The quantitative estimate of drug-likeness (QED) is 0.734. The topological polar surface area (TPSA) is 78.7 Å². The van der Waals surface area contributed by atoms with Gasteiger partial charge in [0.1, 0.15) is 6.04 Å². The molecule has 6 heteroatoms. The van der Waals surface area contributed by atoms with Crippen molar-refractivity contribution in [2.24, 2.45) is 11.7 Å². The zero-order chi connectivity index (χ0) is 13.7. The van der Waals surface area contributed by atoms with Gasteiger partial charge >= 0.3 is 6.03 Å². The first-order chi connectivity index (χ1) is 8.40. The van der Waals surface area contributed by atoms with E-state index in [-0.39, 0.29) is 6.03 Å². The molecule has 1 aliphatic rings. The Hall–Kier alpha value is -1.30. The standard InChI is InChI=1S/C12H24N4O2/c1-9(2)8-10(11(13)17)14-12(18)16-6-4-15(3)5-7-16/h9-10H,4-8H2,1-3H3,(H2,13,17)(H,14,18). The van der Waals surface area contributed by atoms with Crippen molar-refractivity contribution in [3.05, 3.63) is 0 Å². The first-order valence-electron chi connectivity index (χ1n) is 6.43. The third-order valence-electron chi connectivity index (χ3n) is 3.14. The van der Waals surface area contributed by atoms with E-state index >= 15 is 0 Å². The van der Waals surface area contributed by atoms with Crippen molar-refractivity contribution in [3.63, 3.8) is 0 Å². The fourth-order valence-corrected chi connectivity index (χ4v) is 1.97. The monoisotopic (exact) mass is 256 g/mol. The van der Waals surface area contributed by atoms with Crippen LogP contribution < -0.4 is 11.1 Å². The van der Waals surface area contributed by atoms with Gasteiger partial charge in [0, 0.05) is 26.2 Å². The zero-order valence-corrected chi connectivity index (χ0v) is 11.5. The highest BCUT2D eigenvalue weighted by atomic mass is 16.2. The van der Waals surface area contributed by atoms with Crippen LogP contribution in [-0.2, 0) is 4.79 Å². The molecule has 0 aromatic carbocycles. The third kappa shape index (κ3) is 4.52. The number of primary amides is 1. The first-order valence-corrected chi connectivity index (χ1v) is 6.43. The fraction of sp³-hybridized carbons (Fsp3) is 0.833. The van der Waals surface area contributed by atoms with Crippen LogP contribution in [-0.4, -0.2) is 61.0 Å². The van der Waals surface area contributed by atoms with E-state index in [2.05, 4.69) is 10.2 Å². The van der Waals surface area contributed by atoms with Gasteiger partial charge in [0.2, 0.25) is 5.91 Å². The van der Waals surface area contributed by atoms with Gasteiger partial charge in [-0.2, -0.15) is 0 Å². The van der Waals surface area contributed by atoms with E-state index in [4.69, 9.17) is 5.73 Å². The van der Waals surface area contributed by atoms with Crippen molar-refractivity contribution in [1.82, 2.24) is 15.1 Å². The second kappa shape index (κ2) is 6.58. The highest BCUT2D eigenvalue weighted by molar-refractivity contribution is 5.85. The molecule has 1 unspecified atom stereocenters. The van der Waals surface area contributed by atoms with Crippen molar-refractivity contribution in [3.8, 4) is 0 Å². The normalized spacial score (nSPS) is 18.8. The van der Waals surface area contributed by atoms with Gasteiger partial charge in [-0.25, -0.2) is 4.79 Å². The van der Waals surface area contributed by atoms with Gasteiger partial charge in [-0.3, -0.25) is 4.79 Å². The lowest BCUT2D eigenvalue weighted by Crippen LogP contribution is -2.55. The Labute approximate surface area is 108 Å². The lowest BCUT2D eigenvalue weighted by molar-refractivity contribution is -0.120. The third-order valence-corrected chi connectivity index (χ3v) is 3.14. The van der Waals surface area contributed by atoms with Crippen LogP contribution in [0.15, 0.2) is 0 Å². The number of hydrogen-bond acceptors (Lipinski definition) is 3. The molecule has 0 aromatic rings. The molecule has 1 atom stereocenters. The van der Waals surface area contributed by atoms with Crippen molar-refractivity contribution in [2.75, 3.05) is 33.2 Å². The van der Waals surface area contributed by atoms with Gasteiger partial charge < -0.3 is 20.9 Å². The second-order valence-corrected chi connectivity index (χ2v) is 5.32. The number of urea groups is 1. The molecular formula is C12H24N4O2. The number of hydrogen-bond donors (Lipinski definition) is 2. The molecule has 1 rings (SSSR count). The molecule has 1 aliphatic heterocycles. The van der Waals surface area contributed by atoms with Crippen LogP contribution in [0.2, 0.25) is 0 Å². The number of amides is 3. The summed E-state index contributed by atoms with van der Waals surface area (Å²) in [6.07, 6.45) is 0.578. The van der Waals surface area contributed by atoms with E-state index in [0.717, 1.165) is 13.1 Å². The number of rotatable bonds is 4. The molecule has 0 bridgehead atoms. The largest absolute Gasteiger partial charge is 0.368 e. The van der Waals surface area contributed by atoms with Crippen LogP contribution in [0, 0.1) is 5.92 Å². The molecule has 0 spiro atoms. The Bertz CT molecular complexity index is 298. The average Bonchev–Trinajstić information content (AvgIpc) is 2.28. The van der Waals surface area contributed by atoms with E-state index in [0.29, 0.717) is 25.4 Å². The van der Waals surface area contributed by atoms with E-state index in [1.165, 1.54) is 0 Å². The van der Waals surface area contributed by atoms with Crippen LogP contribution >= 0.6 is 0 Å². The first kappa shape index (κ1) is 14.8. The smallest absolute Gasteiger partial charge is 0.318 e. The molecule has 1 saturated heterocycles. The number of carbonyl (C=O) groups excluding carboxylic acids is 2. The molecule has 6 nitrogen and oxygen atoms in total. The highest BCUT2D eigenvalue weighted by Crippen LogP contribution is 2.06. The summed E-state index contributed by atoms with van der Waals surface area (Å²) in [5.74, 6) is -0.151. The van der Waals surface area contributed by atoms with Crippen LogP contribution in [0.1, 0.15) is 20.3 Å². The lowest BCUT2D eigenvalue weighted by Gasteiger charge is -2.33. The minimum atomic E-state index is -0.572. The molecule has 3 N–H and O–H groups in total. The van der Waals surface area contributed by atoms with E-state index in [1.807, 2.05) is 20.9 Å². The lowest BCUT2D eigenvalue weighted by atomic mass is 10.0. The van der Waals surface area contributed by atoms with Crippen molar-refractivity contribution < 1.29 is 9.59 Å². The summed E-state index contributed by atoms with van der Waals surface area (Å²) in [5, 5.41) is 2.73. The maximum absolute atomic E-state index is 12.0. The molecule has 1 heterocycles. The molecule has 0 aliphatic carbocycles. The molecule has 1 fully saturated rings. The fourth-order valence-electron chi connectivity index (χ4n) is 1.97. The predicted octanol–water partition coefficient (Wildman–Crippen LogP) is -0.157.